The highest BCUT2D eigenvalue weighted by molar-refractivity contribution is 7.89. The first kappa shape index (κ1) is 23.6. The summed E-state index contributed by atoms with van der Waals surface area (Å²) < 4.78 is 26.7. The monoisotopic (exact) mass is 456 g/mol. The lowest BCUT2D eigenvalue weighted by Crippen LogP contribution is -2.40. The molecule has 170 valence electrons. The van der Waals surface area contributed by atoms with Crippen molar-refractivity contribution in [3.63, 3.8) is 0 Å². The molecule has 3 rings (SSSR count). The van der Waals surface area contributed by atoms with Gasteiger partial charge in [-0.15, -0.1) is 6.58 Å². The van der Waals surface area contributed by atoms with Crippen LogP contribution in [0, 0.1) is 5.92 Å². The number of amides is 2. The van der Waals surface area contributed by atoms with Gasteiger partial charge in [0.1, 0.15) is 0 Å². The highest BCUT2D eigenvalue weighted by Gasteiger charge is 2.24. The molecule has 4 N–H and O–H groups in total. The SMILES string of the molecule is C=CCNS(=O)(=O)c1ccc(C(=O)Nc2ccccc2CN2CCCC(C(N)=O)C2)cc1. The number of nitrogens with one attached hydrogen (secondary N) is 2. The minimum Gasteiger partial charge on any atom is -0.369 e. The number of sulfonamides is 1. The zero-order valence-corrected chi connectivity index (χ0v) is 18.6. The minimum absolute atomic E-state index is 0.0744. The van der Waals surface area contributed by atoms with Gasteiger partial charge in [-0.05, 0) is 55.3 Å². The molecule has 1 atom stereocenters. The van der Waals surface area contributed by atoms with Crippen LogP contribution in [0.1, 0.15) is 28.8 Å². The number of carbonyl (C=O) groups is 2. The Labute approximate surface area is 188 Å². The molecule has 1 fully saturated rings. The molecule has 1 saturated heterocycles. The molecule has 0 aromatic heterocycles. The summed E-state index contributed by atoms with van der Waals surface area (Å²) in [5.41, 5.74) is 7.42. The van der Waals surface area contributed by atoms with Gasteiger partial charge in [0.25, 0.3) is 5.91 Å². The van der Waals surface area contributed by atoms with Crippen LogP contribution < -0.4 is 15.8 Å². The van der Waals surface area contributed by atoms with Crippen LogP contribution in [0.15, 0.2) is 66.1 Å². The lowest BCUT2D eigenvalue weighted by atomic mass is 9.97. The molecule has 2 aromatic rings. The zero-order chi connectivity index (χ0) is 23.1. The Morgan fingerprint density at radius 2 is 1.88 bits per heavy atom. The van der Waals surface area contributed by atoms with Crippen molar-refractivity contribution >= 4 is 27.5 Å². The van der Waals surface area contributed by atoms with Crippen LogP contribution in [0.25, 0.3) is 0 Å². The highest BCUT2D eigenvalue weighted by Crippen LogP contribution is 2.23. The molecule has 2 amide bonds. The molecule has 2 aromatic carbocycles. The average molecular weight is 457 g/mol. The molecule has 0 saturated carbocycles. The molecule has 1 unspecified atom stereocenters. The van der Waals surface area contributed by atoms with Gasteiger partial charge in [0.2, 0.25) is 15.9 Å². The maximum Gasteiger partial charge on any atom is 0.255 e. The van der Waals surface area contributed by atoms with E-state index < -0.39 is 10.0 Å². The first-order valence-electron chi connectivity index (χ1n) is 10.4. The molecule has 0 spiro atoms. The van der Waals surface area contributed by atoms with Gasteiger partial charge in [0, 0.05) is 30.9 Å². The van der Waals surface area contributed by atoms with E-state index in [1.807, 2.05) is 24.3 Å². The summed E-state index contributed by atoms with van der Waals surface area (Å²) >= 11 is 0. The van der Waals surface area contributed by atoms with Crippen molar-refractivity contribution in [1.29, 1.82) is 0 Å². The second-order valence-corrected chi connectivity index (χ2v) is 9.52. The standard InChI is InChI=1S/C23H28N4O4S/c1-2-13-25-32(30,31)20-11-9-17(10-12-20)23(29)26-21-8-4-3-6-18(21)15-27-14-5-7-19(16-27)22(24)28/h2-4,6,8-12,19,25H,1,5,7,13-16H2,(H2,24,28)(H,26,29). The number of likely N-dealkylation sites (tertiary alicyclic amines) is 1. The maximum absolute atomic E-state index is 12.8. The van der Waals surface area contributed by atoms with Crippen LogP contribution in [-0.4, -0.2) is 44.8 Å². The zero-order valence-electron chi connectivity index (χ0n) is 17.8. The second kappa shape index (κ2) is 10.5. The van der Waals surface area contributed by atoms with E-state index in [0.29, 0.717) is 24.3 Å². The Morgan fingerprint density at radius 3 is 2.56 bits per heavy atom. The number of benzene rings is 2. The summed E-state index contributed by atoms with van der Waals surface area (Å²) in [5.74, 6) is -0.767. The van der Waals surface area contributed by atoms with E-state index in [4.69, 9.17) is 5.73 Å². The van der Waals surface area contributed by atoms with Gasteiger partial charge in [-0.1, -0.05) is 24.3 Å². The fourth-order valence-electron chi connectivity index (χ4n) is 3.68. The Hall–Kier alpha value is -3.01. The number of carbonyl (C=O) groups excluding carboxylic acids is 2. The third-order valence-electron chi connectivity index (χ3n) is 5.41. The topological polar surface area (TPSA) is 122 Å². The number of hydrogen-bond acceptors (Lipinski definition) is 5. The van der Waals surface area contributed by atoms with E-state index >= 15 is 0 Å². The third-order valence-corrected chi connectivity index (χ3v) is 6.85. The number of para-hydroxylation sites is 1. The van der Waals surface area contributed by atoms with Gasteiger partial charge in [0.15, 0.2) is 0 Å². The number of nitrogens with zero attached hydrogens (tertiary/aromatic N) is 1. The highest BCUT2D eigenvalue weighted by atomic mass is 32.2. The van der Waals surface area contributed by atoms with Gasteiger partial charge < -0.3 is 11.1 Å². The number of anilines is 1. The van der Waals surface area contributed by atoms with Gasteiger partial charge in [-0.25, -0.2) is 13.1 Å². The number of nitrogens with two attached hydrogens (primary N) is 1. The van der Waals surface area contributed by atoms with E-state index in [0.717, 1.165) is 24.9 Å². The molecule has 32 heavy (non-hydrogen) atoms. The molecule has 9 heteroatoms. The van der Waals surface area contributed by atoms with E-state index in [2.05, 4.69) is 21.5 Å². The predicted octanol–water partition coefficient (Wildman–Crippen LogP) is 2.10. The molecule has 1 heterocycles. The van der Waals surface area contributed by atoms with Gasteiger partial charge >= 0.3 is 0 Å². The Bertz CT molecular complexity index is 1080. The molecular weight excluding hydrogens is 428 g/mol. The Kier molecular flexibility index (Phi) is 7.79. The fourth-order valence-corrected chi connectivity index (χ4v) is 4.68. The van der Waals surface area contributed by atoms with E-state index in [9.17, 15) is 18.0 Å². The van der Waals surface area contributed by atoms with Crippen molar-refractivity contribution < 1.29 is 18.0 Å². The molecule has 1 aliphatic rings. The quantitative estimate of drug-likeness (QED) is 0.499. The molecule has 8 nitrogen and oxygen atoms in total. The smallest absolute Gasteiger partial charge is 0.255 e. The Morgan fingerprint density at radius 1 is 1.16 bits per heavy atom. The molecule has 0 aliphatic carbocycles. The van der Waals surface area contributed by atoms with Crippen molar-refractivity contribution in [1.82, 2.24) is 9.62 Å². The van der Waals surface area contributed by atoms with Crippen molar-refractivity contribution in [3.8, 4) is 0 Å². The first-order valence-corrected chi connectivity index (χ1v) is 11.9. The number of rotatable bonds is 9. The number of hydrogen-bond donors (Lipinski definition) is 3. The lowest BCUT2D eigenvalue weighted by molar-refractivity contribution is -0.123. The van der Waals surface area contributed by atoms with Crippen LogP contribution in [0.4, 0.5) is 5.69 Å². The van der Waals surface area contributed by atoms with Crippen LogP contribution in [0.3, 0.4) is 0 Å². The fraction of sp³-hybridized carbons (Fsp3) is 0.304. The minimum atomic E-state index is -3.65. The van der Waals surface area contributed by atoms with Gasteiger partial charge in [0.05, 0.1) is 10.8 Å². The lowest BCUT2D eigenvalue weighted by Gasteiger charge is -2.31. The Balaban J connectivity index is 1.69. The molecule has 0 bridgehead atoms. The summed E-state index contributed by atoms with van der Waals surface area (Å²) in [6, 6.07) is 13.2. The van der Waals surface area contributed by atoms with Crippen LogP contribution >= 0.6 is 0 Å². The maximum atomic E-state index is 12.8. The summed E-state index contributed by atoms with van der Waals surface area (Å²) in [6.07, 6.45) is 3.16. The number of primary amides is 1. The van der Waals surface area contributed by atoms with Crippen molar-refractivity contribution in [2.24, 2.45) is 11.7 Å². The van der Waals surface area contributed by atoms with E-state index in [-0.39, 0.29) is 29.2 Å². The predicted molar refractivity (Wildman–Crippen MR) is 123 cm³/mol. The molecule has 0 radical (unpaired) electrons. The van der Waals surface area contributed by atoms with Crippen LogP contribution in [-0.2, 0) is 21.4 Å². The van der Waals surface area contributed by atoms with E-state index in [1.54, 1.807) is 0 Å². The summed E-state index contributed by atoms with van der Waals surface area (Å²) in [7, 11) is -3.65. The third kappa shape index (κ3) is 6.03. The van der Waals surface area contributed by atoms with Gasteiger partial charge in [-0.3, -0.25) is 14.5 Å². The second-order valence-electron chi connectivity index (χ2n) is 7.75. The van der Waals surface area contributed by atoms with Crippen molar-refractivity contribution in [3.05, 3.63) is 72.3 Å². The van der Waals surface area contributed by atoms with Crippen molar-refractivity contribution in [2.45, 2.75) is 24.3 Å². The molecular formula is C23H28N4O4S. The van der Waals surface area contributed by atoms with E-state index in [1.165, 1.54) is 30.3 Å². The largest absolute Gasteiger partial charge is 0.369 e. The summed E-state index contributed by atoms with van der Waals surface area (Å²) in [4.78, 5) is 26.6. The first-order chi connectivity index (χ1) is 15.3. The molecule has 1 aliphatic heterocycles. The average Bonchev–Trinajstić information content (AvgIpc) is 2.79. The summed E-state index contributed by atoms with van der Waals surface area (Å²) in [6.45, 7) is 5.67. The normalized spacial score (nSPS) is 16.9. The summed E-state index contributed by atoms with van der Waals surface area (Å²) in [5, 5.41) is 2.91. The van der Waals surface area contributed by atoms with Crippen LogP contribution in [0.5, 0.6) is 0 Å². The van der Waals surface area contributed by atoms with Crippen LogP contribution in [0.2, 0.25) is 0 Å². The van der Waals surface area contributed by atoms with Gasteiger partial charge in [-0.2, -0.15) is 0 Å². The number of piperidine rings is 1. The van der Waals surface area contributed by atoms with Crippen molar-refractivity contribution in [2.75, 3.05) is 25.0 Å².